The molecule has 1 heterocycles. The molecule has 2 unspecified atom stereocenters. The van der Waals surface area contributed by atoms with Gasteiger partial charge in [-0.25, -0.2) is 0 Å². The van der Waals surface area contributed by atoms with Gasteiger partial charge in [0.1, 0.15) is 5.76 Å². The molecule has 0 aliphatic heterocycles. The molecule has 1 saturated carbocycles. The van der Waals surface area contributed by atoms with Crippen molar-refractivity contribution >= 4 is 17.5 Å². The van der Waals surface area contributed by atoms with Crippen molar-refractivity contribution < 1.29 is 9.32 Å². The minimum atomic E-state index is -0.163. The van der Waals surface area contributed by atoms with Crippen LogP contribution in [0.25, 0.3) is 0 Å². The van der Waals surface area contributed by atoms with Crippen molar-refractivity contribution in [3.05, 3.63) is 17.5 Å². The molecular weight excluding hydrogens is 240 g/mol. The summed E-state index contributed by atoms with van der Waals surface area (Å²) in [5, 5.41) is 6.72. The third-order valence-electron chi connectivity index (χ3n) is 3.28. The molecule has 0 spiro atoms. The number of nitrogens with zero attached hydrogens (tertiary/aromatic N) is 1. The molecule has 0 radical (unpaired) electrons. The Kier molecular flexibility index (Phi) is 4.05. The van der Waals surface area contributed by atoms with Crippen LogP contribution in [0.15, 0.2) is 10.6 Å². The molecule has 1 N–H and O–H groups in total. The van der Waals surface area contributed by atoms with Gasteiger partial charge in [0.2, 0.25) is 0 Å². The number of carbonyl (C=O) groups is 1. The number of carbonyl (C=O) groups excluding carboxylic acids is 1. The molecule has 1 fully saturated rings. The molecule has 17 heavy (non-hydrogen) atoms. The van der Waals surface area contributed by atoms with Crippen LogP contribution in [0.3, 0.4) is 0 Å². The monoisotopic (exact) mass is 256 g/mol. The summed E-state index contributed by atoms with van der Waals surface area (Å²) in [7, 11) is 0. The molecule has 1 aromatic rings. The second kappa shape index (κ2) is 5.54. The summed E-state index contributed by atoms with van der Waals surface area (Å²) >= 11 is 5.92. The third kappa shape index (κ3) is 3.00. The second-order valence-corrected chi connectivity index (χ2v) is 4.91. The predicted molar refractivity (Wildman–Crippen MR) is 65.2 cm³/mol. The molecule has 5 heteroatoms. The van der Waals surface area contributed by atoms with Gasteiger partial charge in [-0.1, -0.05) is 18.0 Å². The lowest BCUT2D eigenvalue weighted by atomic mass is 9.85. The van der Waals surface area contributed by atoms with E-state index in [0.29, 0.717) is 23.3 Å². The Morgan fingerprint density at radius 1 is 1.59 bits per heavy atom. The van der Waals surface area contributed by atoms with Crippen LogP contribution in [0.4, 0.5) is 0 Å². The second-order valence-electron chi connectivity index (χ2n) is 4.60. The smallest absolute Gasteiger partial charge is 0.273 e. The molecule has 94 valence electrons. The van der Waals surface area contributed by atoms with Crippen molar-refractivity contribution in [3.8, 4) is 0 Å². The lowest BCUT2D eigenvalue weighted by Crippen LogP contribution is -2.42. The van der Waals surface area contributed by atoms with Crippen molar-refractivity contribution in [2.75, 3.05) is 5.88 Å². The van der Waals surface area contributed by atoms with Crippen LogP contribution >= 0.6 is 11.6 Å². The quantitative estimate of drug-likeness (QED) is 0.846. The van der Waals surface area contributed by atoms with E-state index in [0.717, 1.165) is 19.3 Å². The topological polar surface area (TPSA) is 55.1 Å². The Hall–Kier alpha value is -1.03. The summed E-state index contributed by atoms with van der Waals surface area (Å²) in [4.78, 5) is 11.9. The fraction of sp³-hybridized carbons (Fsp3) is 0.667. The van der Waals surface area contributed by atoms with Gasteiger partial charge in [0.05, 0.1) is 0 Å². The first-order chi connectivity index (χ1) is 8.20. The molecule has 1 aliphatic carbocycles. The van der Waals surface area contributed by atoms with Gasteiger partial charge >= 0.3 is 0 Å². The van der Waals surface area contributed by atoms with E-state index in [2.05, 4.69) is 10.5 Å². The van der Waals surface area contributed by atoms with E-state index in [9.17, 15) is 4.79 Å². The highest BCUT2D eigenvalue weighted by Gasteiger charge is 2.26. The summed E-state index contributed by atoms with van der Waals surface area (Å²) in [6.07, 6.45) is 4.44. The summed E-state index contributed by atoms with van der Waals surface area (Å²) in [6, 6.07) is 1.82. The molecule has 0 saturated heterocycles. The first-order valence-corrected chi connectivity index (χ1v) is 6.54. The van der Waals surface area contributed by atoms with Gasteiger partial charge in [0, 0.05) is 18.0 Å². The SMILES string of the molecule is Cc1cc(C(=O)NC2CCCCC2CCl)no1. The highest BCUT2D eigenvalue weighted by molar-refractivity contribution is 6.18. The van der Waals surface area contributed by atoms with E-state index in [-0.39, 0.29) is 11.9 Å². The standard InChI is InChI=1S/C12H17ClN2O2/c1-8-6-11(15-17-8)12(16)14-10-5-3-2-4-9(10)7-13/h6,9-10H,2-5,7H2,1H3,(H,14,16). The molecule has 2 atom stereocenters. The number of nitrogens with one attached hydrogen (secondary N) is 1. The number of amides is 1. The molecule has 2 rings (SSSR count). The van der Waals surface area contributed by atoms with Crippen LogP contribution in [0, 0.1) is 12.8 Å². The zero-order valence-electron chi connectivity index (χ0n) is 9.91. The van der Waals surface area contributed by atoms with E-state index in [1.165, 1.54) is 6.42 Å². The molecular formula is C12H17ClN2O2. The Bertz CT molecular complexity index is 392. The highest BCUT2D eigenvalue weighted by Crippen LogP contribution is 2.25. The number of rotatable bonds is 3. The average Bonchev–Trinajstić information content (AvgIpc) is 2.77. The normalized spacial score (nSPS) is 24.6. The number of alkyl halides is 1. The van der Waals surface area contributed by atoms with E-state index < -0.39 is 0 Å². The third-order valence-corrected chi connectivity index (χ3v) is 3.68. The highest BCUT2D eigenvalue weighted by atomic mass is 35.5. The number of hydrogen-bond acceptors (Lipinski definition) is 3. The van der Waals surface area contributed by atoms with E-state index in [1.807, 2.05) is 0 Å². The molecule has 1 amide bonds. The zero-order valence-corrected chi connectivity index (χ0v) is 10.7. The molecule has 0 bridgehead atoms. The minimum absolute atomic E-state index is 0.163. The number of aromatic nitrogens is 1. The number of aryl methyl sites for hydroxylation is 1. The van der Waals surface area contributed by atoms with Crippen LogP contribution in [0.1, 0.15) is 41.9 Å². The maximum atomic E-state index is 11.9. The van der Waals surface area contributed by atoms with Crippen LogP contribution in [-0.4, -0.2) is 23.0 Å². The van der Waals surface area contributed by atoms with Gasteiger partial charge in [-0.2, -0.15) is 0 Å². The van der Waals surface area contributed by atoms with Crippen LogP contribution in [0.2, 0.25) is 0 Å². The Labute approximate surface area is 106 Å². The number of hydrogen-bond donors (Lipinski definition) is 1. The van der Waals surface area contributed by atoms with Gasteiger partial charge in [-0.05, 0) is 25.7 Å². The Morgan fingerprint density at radius 3 is 3.00 bits per heavy atom. The van der Waals surface area contributed by atoms with Gasteiger partial charge in [0.25, 0.3) is 5.91 Å². The summed E-state index contributed by atoms with van der Waals surface area (Å²) in [5.74, 6) is 1.46. The van der Waals surface area contributed by atoms with E-state index in [4.69, 9.17) is 16.1 Å². The largest absolute Gasteiger partial charge is 0.361 e. The summed E-state index contributed by atoms with van der Waals surface area (Å²) in [6.45, 7) is 1.77. The van der Waals surface area contributed by atoms with Crippen LogP contribution in [-0.2, 0) is 0 Å². The molecule has 0 aromatic carbocycles. The molecule has 1 aromatic heterocycles. The van der Waals surface area contributed by atoms with E-state index in [1.54, 1.807) is 13.0 Å². The van der Waals surface area contributed by atoms with Crippen molar-refractivity contribution in [2.45, 2.75) is 38.6 Å². The molecule has 1 aliphatic rings. The van der Waals surface area contributed by atoms with Crippen molar-refractivity contribution in [3.63, 3.8) is 0 Å². The summed E-state index contributed by atoms with van der Waals surface area (Å²) < 4.78 is 4.89. The number of halogens is 1. The van der Waals surface area contributed by atoms with E-state index >= 15 is 0 Å². The van der Waals surface area contributed by atoms with Gasteiger partial charge < -0.3 is 9.84 Å². The van der Waals surface area contributed by atoms with Crippen molar-refractivity contribution in [2.24, 2.45) is 5.92 Å². The first kappa shape index (κ1) is 12.4. The fourth-order valence-corrected chi connectivity index (χ4v) is 2.67. The van der Waals surface area contributed by atoms with Gasteiger partial charge in [0.15, 0.2) is 5.69 Å². The molecule has 4 nitrogen and oxygen atoms in total. The predicted octanol–water partition coefficient (Wildman–Crippen LogP) is 2.51. The van der Waals surface area contributed by atoms with Crippen molar-refractivity contribution in [1.82, 2.24) is 10.5 Å². The lowest BCUT2D eigenvalue weighted by molar-refractivity contribution is 0.0902. The Balaban J connectivity index is 1.97. The lowest BCUT2D eigenvalue weighted by Gasteiger charge is -2.30. The first-order valence-electron chi connectivity index (χ1n) is 6.01. The maximum Gasteiger partial charge on any atom is 0.273 e. The Morgan fingerprint density at radius 2 is 2.35 bits per heavy atom. The zero-order chi connectivity index (χ0) is 12.3. The maximum absolute atomic E-state index is 11.9. The van der Waals surface area contributed by atoms with Gasteiger partial charge in [-0.3, -0.25) is 4.79 Å². The van der Waals surface area contributed by atoms with Crippen molar-refractivity contribution in [1.29, 1.82) is 0 Å². The van der Waals surface area contributed by atoms with Crippen LogP contribution in [0.5, 0.6) is 0 Å². The fourth-order valence-electron chi connectivity index (χ4n) is 2.30. The minimum Gasteiger partial charge on any atom is -0.361 e. The van der Waals surface area contributed by atoms with Crippen LogP contribution < -0.4 is 5.32 Å². The van der Waals surface area contributed by atoms with Gasteiger partial charge in [-0.15, -0.1) is 11.6 Å². The summed E-state index contributed by atoms with van der Waals surface area (Å²) in [5.41, 5.74) is 0.349. The average molecular weight is 257 g/mol.